The lowest BCUT2D eigenvalue weighted by molar-refractivity contribution is 0.212. The largest absolute Gasteiger partial charge is 0.356 e. The molecule has 0 bridgehead atoms. The van der Waals surface area contributed by atoms with Gasteiger partial charge in [0.05, 0.1) is 0 Å². The Labute approximate surface area is 136 Å². The van der Waals surface area contributed by atoms with Crippen molar-refractivity contribution in [2.75, 3.05) is 46.8 Å². The average molecular weight is 306 g/mol. The molecule has 3 fully saturated rings. The predicted octanol–water partition coefficient (Wildman–Crippen LogP) is 2.42. The Bertz CT molecular complexity index is 359. The minimum atomic E-state index is 0.906. The lowest BCUT2D eigenvalue weighted by Crippen LogP contribution is -2.41. The van der Waals surface area contributed by atoms with Gasteiger partial charge in [0.15, 0.2) is 5.96 Å². The molecule has 0 aromatic carbocycles. The Balaban J connectivity index is 1.41. The summed E-state index contributed by atoms with van der Waals surface area (Å²) in [6, 6.07) is 0. The molecule has 0 spiro atoms. The summed E-state index contributed by atoms with van der Waals surface area (Å²) in [4.78, 5) is 9.52. The Morgan fingerprint density at radius 2 is 1.68 bits per heavy atom. The highest BCUT2D eigenvalue weighted by atomic mass is 15.3. The van der Waals surface area contributed by atoms with Crippen molar-refractivity contribution in [3.8, 4) is 0 Å². The van der Waals surface area contributed by atoms with Crippen LogP contribution in [0.15, 0.2) is 4.99 Å². The van der Waals surface area contributed by atoms with Crippen molar-refractivity contribution in [2.45, 2.75) is 44.9 Å². The number of fused-ring (bicyclic) bond motifs is 1. The van der Waals surface area contributed by atoms with Crippen LogP contribution in [-0.4, -0.2) is 62.6 Å². The van der Waals surface area contributed by atoms with Crippen molar-refractivity contribution < 1.29 is 0 Å². The molecular weight excluding hydrogens is 272 g/mol. The van der Waals surface area contributed by atoms with Gasteiger partial charge in [0, 0.05) is 26.7 Å². The Hall–Kier alpha value is -0.770. The van der Waals surface area contributed by atoms with Crippen LogP contribution in [0.3, 0.4) is 0 Å². The minimum Gasteiger partial charge on any atom is -0.356 e. The molecule has 1 aliphatic carbocycles. The van der Waals surface area contributed by atoms with Gasteiger partial charge in [-0.15, -0.1) is 0 Å². The number of piperidine rings is 1. The fourth-order valence-corrected chi connectivity index (χ4v) is 4.65. The first-order valence-electron chi connectivity index (χ1n) is 9.40. The summed E-state index contributed by atoms with van der Waals surface area (Å²) in [6.45, 7) is 6.10. The quantitative estimate of drug-likeness (QED) is 0.642. The maximum Gasteiger partial charge on any atom is 0.193 e. The topological polar surface area (TPSA) is 30.9 Å². The molecular formula is C18H34N4. The molecule has 126 valence electrons. The van der Waals surface area contributed by atoms with Crippen LogP contribution in [0.4, 0.5) is 0 Å². The Morgan fingerprint density at radius 3 is 2.27 bits per heavy atom. The maximum absolute atomic E-state index is 4.55. The van der Waals surface area contributed by atoms with E-state index in [0.29, 0.717) is 0 Å². The zero-order valence-corrected chi connectivity index (χ0v) is 14.6. The summed E-state index contributed by atoms with van der Waals surface area (Å²) in [5, 5.41) is 3.64. The van der Waals surface area contributed by atoms with Gasteiger partial charge in [0.1, 0.15) is 0 Å². The van der Waals surface area contributed by atoms with Gasteiger partial charge in [-0.05, 0) is 70.0 Å². The van der Waals surface area contributed by atoms with Crippen LogP contribution in [0.5, 0.6) is 0 Å². The van der Waals surface area contributed by atoms with E-state index in [0.717, 1.165) is 30.3 Å². The minimum absolute atomic E-state index is 0.906. The number of guanidine groups is 1. The van der Waals surface area contributed by atoms with Gasteiger partial charge in [-0.3, -0.25) is 4.99 Å². The third kappa shape index (κ3) is 3.95. The van der Waals surface area contributed by atoms with E-state index in [4.69, 9.17) is 0 Å². The van der Waals surface area contributed by atoms with Gasteiger partial charge in [-0.25, -0.2) is 0 Å². The van der Waals surface area contributed by atoms with Crippen LogP contribution in [0.25, 0.3) is 0 Å². The first kappa shape index (κ1) is 16.1. The number of rotatable bonds is 3. The van der Waals surface area contributed by atoms with Crippen LogP contribution in [0, 0.1) is 17.8 Å². The van der Waals surface area contributed by atoms with E-state index in [1.807, 2.05) is 7.05 Å². The van der Waals surface area contributed by atoms with E-state index >= 15 is 0 Å². The van der Waals surface area contributed by atoms with Crippen molar-refractivity contribution in [2.24, 2.45) is 22.7 Å². The van der Waals surface area contributed by atoms with E-state index in [1.165, 1.54) is 71.1 Å². The Morgan fingerprint density at radius 1 is 1.05 bits per heavy atom. The summed E-state index contributed by atoms with van der Waals surface area (Å²) in [5.74, 6) is 3.92. The van der Waals surface area contributed by atoms with E-state index in [-0.39, 0.29) is 0 Å². The SMILES string of the molecule is CN=C(NCCC1CCN(C)CC1)N1CC2CCCCC2C1. The van der Waals surface area contributed by atoms with Gasteiger partial charge in [-0.2, -0.15) is 0 Å². The third-order valence-electron chi connectivity index (χ3n) is 6.16. The third-order valence-corrected chi connectivity index (χ3v) is 6.16. The smallest absolute Gasteiger partial charge is 0.193 e. The highest BCUT2D eigenvalue weighted by Crippen LogP contribution is 2.35. The number of aliphatic imine (C=N–C) groups is 1. The lowest BCUT2D eigenvalue weighted by atomic mass is 9.82. The fraction of sp³-hybridized carbons (Fsp3) is 0.944. The molecule has 22 heavy (non-hydrogen) atoms. The fourth-order valence-electron chi connectivity index (χ4n) is 4.65. The van der Waals surface area contributed by atoms with Crippen molar-refractivity contribution in [1.82, 2.24) is 15.1 Å². The van der Waals surface area contributed by atoms with Gasteiger partial charge < -0.3 is 15.1 Å². The number of hydrogen-bond donors (Lipinski definition) is 1. The predicted molar refractivity (Wildman–Crippen MR) is 93.2 cm³/mol. The van der Waals surface area contributed by atoms with Crippen molar-refractivity contribution in [3.05, 3.63) is 0 Å². The van der Waals surface area contributed by atoms with Crippen molar-refractivity contribution in [1.29, 1.82) is 0 Å². The standard InChI is InChI=1S/C18H34N4/c1-19-18(20-10-7-15-8-11-21(2)12-9-15)22-13-16-5-3-4-6-17(16)14-22/h15-17H,3-14H2,1-2H3,(H,19,20). The second kappa shape index (κ2) is 7.67. The first-order chi connectivity index (χ1) is 10.8. The van der Waals surface area contributed by atoms with Crippen LogP contribution >= 0.6 is 0 Å². The second-order valence-electron chi connectivity index (χ2n) is 7.72. The first-order valence-corrected chi connectivity index (χ1v) is 9.40. The summed E-state index contributed by atoms with van der Waals surface area (Å²) >= 11 is 0. The molecule has 0 radical (unpaired) electrons. The van der Waals surface area contributed by atoms with E-state index in [2.05, 4.69) is 27.2 Å². The summed E-state index contributed by atoms with van der Waals surface area (Å²) < 4.78 is 0. The van der Waals surface area contributed by atoms with Crippen LogP contribution < -0.4 is 5.32 Å². The Kier molecular flexibility index (Phi) is 5.61. The second-order valence-corrected chi connectivity index (χ2v) is 7.72. The van der Waals surface area contributed by atoms with Gasteiger partial charge in [0.2, 0.25) is 0 Å². The molecule has 4 heteroatoms. The van der Waals surface area contributed by atoms with E-state index < -0.39 is 0 Å². The zero-order chi connectivity index (χ0) is 15.4. The van der Waals surface area contributed by atoms with Crippen LogP contribution in [0.2, 0.25) is 0 Å². The number of nitrogens with zero attached hydrogens (tertiary/aromatic N) is 3. The molecule has 2 unspecified atom stereocenters. The molecule has 2 atom stereocenters. The van der Waals surface area contributed by atoms with Crippen molar-refractivity contribution in [3.63, 3.8) is 0 Å². The molecule has 2 heterocycles. The highest BCUT2D eigenvalue weighted by molar-refractivity contribution is 5.80. The van der Waals surface area contributed by atoms with E-state index in [9.17, 15) is 0 Å². The normalized spacial score (nSPS) is 31.4. The average Bonchev–Trinajstić information content (AvgIpc) is 2.97. The molecule has 2 saturated heterocycles. The monoisotopic (exact) mass is 306 g/mol. The van der Waals surface area contributed by atoms with Gasteiger partial charge in [0.25, 0.3) is 0 Å². The van der Waals surface area contributed by atoms with Gasteiger partial charge >= 0.3 is 0 Å². The molecule has 4 nitrogen and oxygen atoms in total. The molecule has 0 aromatic rings. The molecule has 1 saturated carbocycles. The number of hydrogen-bond acceptors (Lipinski definition) is 2. The summed E-state index contributed by atoms with van der Waals surface area (Å²) in [5.41, 5.74) is 0. The molecule has 3 rings (SSSR count). The number of likely N-dealkylation sites (tertiary alicyclic amines) is 2. The molecule has 2 aliphatic heterocycles. The molecule has 1 N–H and O–H groups in total. The maximum atomic E-state index is 4.55. The lowest BCUT2D eigenvalue weighted by Gasteiger charge is -2.29. The number of nitrogens with one attached hydrogen (secondary N) is 1. The van der Waals surface area contributed by atoms with Crippen LogP contribution in [-0.2, 0) is 0 Å². The van der Waals surface area contributed by atoms with E-state index in [1.54, 1.807) is 0 Å². The van der Waals surface area contributed by atoms with Gasteiger partial charge in [-0.1, -0.05) is 12.8 Å². The van der Waals surface area contributed by atoms with Crippen LogP contribution in [0.1, 0.15) is 44.9 Å². The van der Waals surface area contributed by atoms with Crippen molar-refractivity contribution >= 4 is 5.96 Å². The summed E-state index contributed by atoms with van der Waals surface area (Å²) in [7, 11) is 4.18. The molecule has 0 amide bonds. The summed E-state index contributed by atoms with van der Waals surface area (Å²) in [6.07, 6.45) is 9.79. The highest BCUT2D eigenvalue weighted by Gasteiger charge is 2.35. The zero-order valence-electron chi connectivity index (χ0n) is 14.6. The molecule has 3 aliphatic rings. The molecule has 0 aromatic heterocycles.